The zero-order valence-corrected chi connectivity index (χ0v) is 25.6. The second-order valence-electron chi connectivity index (χ2n) is 8.67. The first kappa shape index (κ1) is 29.5. The van der Waals surface area contributed by atoms with Crippen LogP contribution in [-0.4, -0.2) is 16.8 Å². The lowest BCUT2D eigenvalue weighted by Gasteiger charge is -2.17. The molecule has 0 aliphatic rings. The van der Waals surface area contributed by atoms with Gasteiger partial charge in [-0.05, 0) is 60.2 Å². The maximum atomic E-state index is 13.6. The van der Waals surface area contributed by atoms with Gasteiger partial charge in [0.15, 0.2) is 5.13 Å². The Balaban J connectivity index is 1.34. The number of carbonyl (C=O) groups is 2. The zero-order valence-electron chi connectivity index (χ0n) is 20.9. The van der Waals surface area contributed by atoms with Gasteiger partial charge in [0, 0.05) is 31.6 Å². The molecule has 206 valence electrons. The molecule has 1 atom stereocenters. The summed E-state index contributed by atoms with van der Waals surface area (Å²) in [5.74, 6) is -0.613. The van der Waals surface area contributed by atoms with Crippen LogP contribution in [-0.2, 0) is 4.79 Å². The average molecular weight is 659 g/mol. The van der Waals surface area contributed by atoms with Gasteiger partial charge >= 0.3 is 0 Å². The molecule has 0 aliphatic carbocycles. The molecule has 0 aliphatic heterocycles. The van der Waals surface area contributed by atoms with Crippen LogP contribution in [0.15, 0.2) is 101 Å². The van der Waals surface area contributed by atoms with E-state index in [1.54, 1.807) is 42.5 Å². The van der Waals surface area contributed by atoms with E-state index >= 15 is 0 Å². The predicted molar refractivity (Wildman–Crippen MR) is 172 cm³/mol. The minimum atomic E-state index is -0.598. The average Bonchev–Trinajstić information content (AvgIpc) is 3.40. The molecule has 5 rings (SSSR count). The van der Waals surface area contributed by atoms with Crippen molar-refractivity contribution < 1.29 is 9.59 Å². The second kappa shape index (κ2) is 13.3. The van der Waals surface area contributed by atoms with E-state index in [-0.39, 0.29) is 16.8 Å². The van der Waals surface area contributed by atoms with Crippen molar-refractivity contribution in [2.24, 2.45) is 0 Å². The Morgan fingerprint density at radius 1 is 0.780 bits per heavy atom. The summed E-state index contributed by atoms with van der Waals surface area (Å²) in [6.45, 7) is 0. The number of halogens is 4. The van der Waals surface area contributed by atoms with Gasteiger partial charge in [0.2, 0.25) is 5.91 Å². The molecule has 2 amide bonds. The number of thioether (sulfide) groups is 1. The van der Waals surface area contributed by atoms with Crippen molar-refractivity contribution in [3.8, 4) is 11.3 Å². The number of nitrogens with zero attached hydrogens (tertiary/aromatic N) is 1. The van der Waals surface area contributed by atoms with Crippen LogP contribution in [0.1, 0.15) is 21.2 Å². The first-order valence-electron chi connectivity index (χ1n) is 12.1. The van der Waals surface area contributed by atoms with Crippen molar-refractivity contribution in [2.45, 2.75) is 10.1 Å². The molecular weight excluding hydrogens is 640 g/mol. The van der Waals surface area contributed by atoms with Crippen molar-refractivity contribution in [3.05, 3.63) is 128 Å². The monoisotopic (exact) mass is 657 g/mol. The van der Waals surface area contributed by atoms with Crippen LogP contribution in [0.3, 0.4) is 0 Å². The summed E-state index contributed by atoms with van der Waals surface area (Å²) in [6.07, 6.45) is 0. The summed E-state index contributed by atoms with van der Waals surface area (Å²) in [5, 5.41) is 9.18. The van der Waals surface area contributed by atoms with Gasteiger partial charge in [-0.2, -0.15) is 0 Å². The normalized spacial score (nSPS) is 11.6. The molecule has 0 fully saturated rings. The van der Waals surface area contributed by atoms with Crippen LogP contribution in [0.4, 0.5) is 10.8 Å². The Morgan fingerprint density at radius 3 is 2.24 bits per heavy atom. The number of nitrogens with one attached hydrogen (secondary N) is 2. The summed E-state index contributed by atoms with van der Waals surface area (Å²) in [4.78, 5) is 31.8. The molecule has 1 aromatic heterocycles. The molecule has 2 N–H and O–H groups in total. The number of amides is 2. The highest BCUT2D eigenvalue weighted by Gasteiger charge is 2.24. The van der Waals surface area contributed by atoms with E-state index in [9.17, 15) is 9.59 Å². The van der Waals surface area contributed by atoms with E-state index in [1.165, 1.54) is 29.2 Å². The van der Waals surface area contributed by atoms with Gasteiger partial charge in [0.05, 0.1) is 21.3 Å². The highest BCUT2D eigenvalue weighted by molar-refractivity contribution is 8.00. The van der Waals surface area contributed by atoms with Gasteiger partial charge in [-0.25, -0.2) is 4.98 Å². The van der Waals surface area contributed by atoms with Crippen LogP contribution >= 0.6 is 69.5 Å². The number of benzene rings is 4. The van der Waals surface area contributed by atoms with Gasteiger partial charge in [-0.3, -0.25) is 9.59 Å². The van der Waals surface area contributed by atoms with Gasteiger partial charge in [0.1, 0.15) is 5.25 Å². The highest BCUT2D eigenvalue weighted by Crippen LogP contribution is 2.38. The fraction of sp³-hybridized carbons (Fsp3) is 0.0333. The summed E-state index contributed by atoms with van der Waals surface area (Å²) < 4.78 is 0. The van der Waals surface area contributed by atoms with E-state index in [0.717, 1.165) is 16.0 Å². The van der Waals surface area contributed by atoms with Crippen LogP contribution < -0.4 is 10.6 Å². The SMILES string of the molecule is O=C(Nc1cccc(SC(C(=O)Nc2nc(-c3ccc(Cl)cc3Cl)cs2)c2ccccc2)c1)c1ccc(Cl)cc1Cl. The van der Waals surface area contributed by atoms with E-state index < -0.39 is 5.25 Å². The van der Waals surface area contributed by atoms with Crippen LogP contribution in [0, 0.1) is 0 Å². The highest BCUT2D eigenvalue weighted by atomic mass is 35.5. The number of hydrogen-bond donors (Lipinski definition) is 2. The molecule has 1 unspecified atom stereocenters. The second-order valence-corrected chi connectivity index (χ2v) is 12.4. The lowest BCUT2D eigenvalue weighted by molar-refractivity contribution is -0.115. The first-order chi connectivity index (χ1) is 19.8. The Labute approximate surface area is 264 Å². The molecule has 0 bridgehead atoms. The quantitative estimate of drug-likeness (QED) is 0.163. The fourth-order valence-corrected chi connectivity index (χ4v) is 6.68. The van der Waals surface area contributed by atoms with E-state index in [1.807, 2.05) is 47.8 Å². The Bertz CT molecular complexity index is 1730. The number of anilines is 2. The maximum absolute atomic E-state index is 13.6. The molecular formula is C30H19Cl4N3O2S2. The summed E-state index contributed by atoms with van der Waals surface area (Å²) in [7, 11) is 0. The van der Waals surface area contributed by atoms with Gasteiger partial charge in [-0.1, -0.05) is 82.8 Å². The number of rotatable bonds is 8. The van der Waals surface area contributed by atoms with E-state index in [0.29, 0.717) is 37.1 Å². The van der Waals surface area contributed by atoms with Gasteiger partial charge in [-0.15, -0.1) is 23.1 Å². The third-order valence-corrected chi connectivity index (χ3v) is 8.90. The van der Waals surface area contributed by atoms with Crippen LogP contribution in [0.2, 0.25) is 20.1 Å². The number of hydrogen-bond acceptors (Lipinski definition) is 5. The summed E-state index contributed by atoms with van der Waals surface area (Å²) in [5.41, 5.74) is 3.04. The van der Waals surface area contributed by atoms with Crippen molar-refractivity contribution in [3.63, 3.8) is 0 Å². The van der Waals surface area contributed by atoms with Crippen LogP contribution in [0.5, 0.6) is 0 Å². The molecule has 11 heteroatoms. The molecule has 4 aromatic carbocycles. The third-order valence-electron chi connectivity index (χ3n) is 5.80. The Kier molecular flexibility index (Phi) is 9.55. The molecule has 0 saturated heterocycles. The van der Waals surface area contributed by atoms with Crippen LogP contribution in [0.25, 0.3) is 11.3 Å². The van der Waals surface area contributed by atoms with Crippen molar-refractivity contribution in [1.29, 1.82) is 0 Å². The van der Waals surface area contributed by atoms with Gasteiger partial charge < -0.3 is 10.6 Å². The van der Waals surface area contributed by atoms with E-state index in [2.05, 4.69) is 15.6 Å². The third kappa shape index (κ3) is 7.43. The predicted octanol–water partition coefficient (Wildman–Crippen LogP) is 10.1. The topological polar surface area (TPSA) is 71.1 Å². The van der Waals surface area contributed by atoms with E-state index in [4.69, 9.17) is 46.4 Å². The van der Waals surface area contributed by atoms with Gasteiger partial charge in [0.25, 0.3) is 5.91 Å². The molecule has 41 heavy (non-hydrogen) atoms. The zero-order chi connectivity index (χ0) is 28.9. The fourth-order valence-electron chi connectivity index (χ4n) is 3.88. The molecule has 1 heterocycles. The number of aromatic nitrogens is 1. The minimum Gasteiger partial charge on any atom is -0.322 e. The van der Waals surface area contributed by atoms with Crippen molar-refractivity contribution >= 4 is 92.1 Å². The van der Waals surface area contributed by atoms with Crippen molar-refractivity contribution in [2.75, 3.05) is 10.6 Å². The summed E-state index contributed by atoms with van der Waals surface area (Å²) in [6, 6.07) is 26.6. The summed E-state index contributed by atoms with van der Waals surface area (Å²) >= 11 is 27.2. The Morgan fingerprint density at radius 2 is 1.51 bits per heavy atom. The number of thiazole rings is 1. The lowest BCUT2D eigenvalue weighted by atomic mass is 10.1. The first-order valence-corrected chi connectivity index (χ1v) is 15.3. The smallest absolute Gasteiger partial charge is 0.257 e. The lowest BCUT2D eigenvalue weighted by Crippen LogP contribution is -2.19. The van der Waals surface area contributed by atoms with Crippen molar-refractivity contribution in [1.82, 2.24) is 4.98 Å². The molecule has 5 aromatic rings. The molecule has 0 radical (unpaired) electrons. The standard InChI is InChI=1S/C30H19Cl4N3O2S2/c31-18-9-11-22(24(33)13-18)26-16-40-30(36-26)37-29(39)27(17-5-2-1-3-6-17)41-21-8-4-7-20(15-21)35-28(38)23-12-10-19(32)14-25(23)34/h1-16,27H,(H,35,38)(H,36,37,39). The number of carbonyl (C=O) groups excluding carboxylic acids is 2. The molecule has 5 nitrogen and oxygen atoms in total. The Hall–Kier alpha value is -3.04. The molecule has 0 saturated carbocycles. The largest absolute Gasteiger partial charge is 0.322 e. The molecule has 0 spiro atoms. The maximum Gasteiger partial charge on any atom is 0.257 e. The minimum absolute atomic E-state index is 0.244.